The van der Waals surface area contributed by atoms with E-state index in [1.807, 2.05) is 48.7 Å². The summed E-state index contributed by atoms with van der Waals surface area (Å²) in [5.74, 6) is 0.845. The number of H-pyrrole nitrogens is 1. The van der Waals surface area contributed by atoms with E-state index in [4.69, 9.17) is 16.3 Å². The normalized spacial score (nSPS) is 10.8. The van der Waals surface area contributed by atoms with Gasteiger partial charge in [0.25, 0.3) is 0 Å². The van der Waals surface area contributed by atoms with Crippen molar-refractivity contribution in [2.24, 2.45) is 0 Å². The molecule has 18 heavy (non-hydrogen) atoms. The molecule has 1 heterocycles. The second-order valence-electron chi connectivity index (χ2n) is 4.09. The highest BCUT2D eigenvalue weighted by molar-refractivity contribution is 6.38. The Kier molecular flexibility index (Phi) is 2.73. The molecule has 0 radical (unpaired) electrons. The number of rotatable bonds is 2. The lowest BCUT2D eigenvalue weighted by atomic mass is 10.0. The summed E-state index contributed by atoms with van der Waals surface area (Å²) >= 11 is 6.44. The van der Waals surface area contributed by atoms with Crippen LogP contribution in [0.15, 0.2) is 48.7 Å². The average molecular weight is 258 g/mol. The Labute approximate surface area is 110 Å². The van der Waals surface area contributed by atoms with Gasteiger partial charge in [-0.3, -0.25) is 0 Å². The lowest BCUT2D eigenvalue weighted by Gasteiger charge is -2.07. The van der Waals surface area contributed by atoms with E-state index in [2.05, 4.69) is 4.98 Å². The van der Waals surface area contributed by atoms with Crippen LogP contribution in [0.2, 0.25) is 5.02 Å². The number of ether oxygens (including phenoxy) is 1. The molecule has 0 fully saturated rings. The van der Waals surface area contributed by atoms with Crippen LogP contribution in [-0.2, 0) is 0 Å². The maximum atomic E-state index is 6.44. The third-order valence-corrected chi connectivity index (χ3v) is 3.48. The van der Waals surface area contributed by atoms with Crippen LogP contribution in [0.4, 0.5) is 0 Å². The first-order chi connectivity index (χ1) is 8.79. The minimum absolute atomic E-state index is 0.777. The highest BCUT2D eigenvalue weighted by Gasteiger charge is 2.08. The molecule has 3 aromatic rings. The number of nitrogens with one attached hydrogen (secondary N) is 1. The van der Waals surface area contributed by atoms with Crippen LogP contribution in [0, 0.1) is 0 Å². The van der Waals surface area contributed by atoms with Gasteiger partial charge in [-0.1, -0.05) is 29.8 Å². The first-order valence-electron chi connectivity index (χ1n) is 5.69. The van der Waals surface area contributed by atoms with Crippen LogP contribution in [-0.4, -0.2) is 12.1 Å². The van der Waals surface area contributed by atoms with E-state index in [0.29, 0.717) is 0 Å². The molecule has 0 atom stereocenters. The SMILES string of the molecule is COc1ccc(-c2ccc3[nH]ccc3c2Cl)cc1. The Balaban J connectivity index is 2.15. The molecule has 0 aliphatic rings. The minimum Gasteiger partial charge on any atom is -0.497 e. The minimum atomic E-state index is 0.777. The molecule has 1 N–H and O–H groups in total. The smallest absolute Gasteiger partial charge is 0.118 e. The average Bonchev–Trinajstić information content (AvgIpc) is 2.89. The number of aromatic amines is 1. The summed E-state index contributed by atoms with van der Waals surface area (Å²) < 4.78 is 5.16. The number of hydrogen-bond donors (Lipinski definition) is 1. The molecule has 0 unspecified atom stereocenters. The Morgan fingerprint density at radius 1 is 1.00 bits per heavy atom. The fraction of sp³-hybridized carbons (Fsp3) is 0.0667. The molecule has 2 aromatic carbocycles. The standard InChI is InChI=1S/C15H12ClNO/c1-18-11-4-2-10(3-5-11)12-6-7-14-13(15(12)16)8-9-17-14/h2-9,17H,1H3. The second kappa shape index (κ2) is 4.39. The Bertz CT molecular complexity index is 685. The first kappa shape index (κ1) is 11.2. The molecule has 0 aliphatic carbocycles. The zero-order valence-electron chi connectivity index (χ0n) is 9.91. The van der Waals surface area contributed by atoms with E-state index in [1.165, 1.54) is 0 Å². The number of aromatic nitrogens is 1. The lowest BCUT2D eigenvalue weighted by molar-refractivity contribution is 0.415. The van der Waals surface area contributed by atoms with Crippen LogP contribution in [0.1, 0.15) is 0 Å². The third kappa shape index (κ3) is 1.75. The zero-order chi connectivity index (χ0) is 12.5. The maximum absolute atomic E-state index is 6.44. The lowest BCUT2D eigenvalue weighted by Crippen LogP contribution is -1.84. The van der Waals surface area contributed by atoms with Gasteiger partial charge in [0.05, 0.1) is 12.1 Å². The molecule has 0 saturated carbocycles. The van der Waals surface area contributed by atoms with Crippen LogP contribution in [0.25, 0.3) is 22.0 Å². The molecular formula is C15H12ClNO. The van der Waals surface area contributed by atoms with Gasteiger partial charge in [-0.25, -0.2) is 0 Å². The summed E-state index contributed by atoms with van der Waals surface area (Å²) in [5, 5.41) is 1.82. The molecule has 90 valence electrons. The van der Waals surface area contributed by atoms with E-state index < -0.39 is 0 Å². The maximum Gasteiger partial charge on any atom is 0.118 e. The van der Waals surface area contributed by atoms with Crippen molar-refractivity contribution in [3.63, 3.8) is 0 Å². The van der Waals surface area contributed by atoms with Crippen LogP contribution < -0.4 is 4.74 Å². The van der Waals surface area contributed by atoms with E-state index in [9.17, 15) is 0 Å². The molecule has 0 amide bonds. The number of benzene rings is 2. The van der Waals surface area contributed by atoms with Crippen LogP contribution >= 0.6 is 11.6 Å². The van der Waals surface area contributed by atoms with E-state index in [1.54, 1.807) is 7.11 Å². The summed E-state index contributed by atoms with van der Waals surface area (Å²) in [6.07, 6.45) is 1.90. The molecule has 3 rings (SSSR count). The van der Waals surface area contributed by atoms with Crippen molar-refractivity contribution >= 4 is 22.5 Å². The Hall–Kier alpha value is -1.93. The third-order valence-electron chi connectivity index (χ3n) is 3.07. The van der Waals surface area contributed by atoms with Crippen LogP contribution in [0.5, 0.6) is 5.75 Å². The molecule has 3 heteroatoms. The van der Waals surface area contributed by atoms with E-state index in [-0.39, 0.29) is 0 Å². The predicted octanol–water partition coefficient (Wildman–Crippen LogP) is 4.50. The Morgan fingerprint density at radius 3 is 2.50 bits per heavy atom. The van der Waals surface area contributed by atoms with Crippen molar-refractivity contribution in [2.75, 3.05) is 7.11 Å². The van der Waals surface area contributed by atoms with E-state index >= 15 is 0 Å². The van der Waals surface area contributed by atoms with Gasteiger partial charge in [0, 0.05) is 22.7 Å². The second-order valence-corrected chi connectivity index (χ2v) is 4.47. The summed E-state index contributed by atoms with van der Waals surface area (Å²) in [7, 11) is 1.66. The van der Waals surface area contributed by atoms with Gasteiger partial charge in [-0.05, 0) is 29.8 Å². The van der Waals surface area contributed by atoms with Gasteiger partial charge in [0.2, 0.25) is 0 Å². The van der Waals surface area contributed by atoms with E-state index in [0.717, 1.165) is 32.8 Å². The fourth-order valence-electron chi connectivity index (χ4n) is 2.09. The van der Waals surface area contributed by atoms with Crippen LogP contribution in [0.3, 0.4) is 0 Å². The van der Waals surface area contributed by atoms with Gasteiger partial charge in [0.1, 0.15) is 5.75 Å². The van der Waals surface area contributed by atoms with Crippen molar-refractivity contribution in [2.45, 2.75) is 0 Å². The quantitative estimate of drug-likeness (QED) is 0.719. The first-order valence-corrected chi connectivity index (χ1v) is 6.07. The largest absolute Gasteiger partial charge is 0.497 e. The molecule has 1 aromatic heterocycles. The molecule has 0 bridgehead atoms. The highest BCUT2D eigenvalue weighted by Crippen LogP contribution is 2.34. The van der Waals surface area contributed by atoms with Crippen molar-refractivity contribution in [1.29, 1.82) is 0 Å². The topological polar surface area (TPSA) is 25.0 Å². The summed E-state index contributed by atoms with van der Waals surface area (Å²) in [6, 6.07) is 14.0. The van der Waals surface area contributed by atoms with Crippen molar-refractivity contribution in [1.82, 2.24) is 4.98 Å². The van der Waals surface area contributed by atoms with Gasteiger partial charge >= 0.3 is 0 Å². The van der Waals surface area contributed by atoms with Gasteiger partial charge in [-0.15, -0.1) is 0 Å². The highest BCUT2D eigenvalue weighted by atomic mass is 35.5. The number of halogens is 1. The number of methoxy groups -OCH3 is 1. The molecule has 0 aliphatic heterocycles. The molecular weight excluding hydrogens is 246 g/mol. The molecule has 0 saturated heterocycles. The summed E-state index contributed by atoms with van der Waals surface area (Å²) in [4.78, 5) is 3.15. The predicted molar refractivity (Wildman–Crippen MR) is 75.3 cm³/mol. The van der Waals surface area contributed by atoms with Crippen molar-refractivity contribution in [3.8, 4) is 16.9 Å². The molecule has 0 spiro atoms. The number of fused-ring (bicyclic) bond motifs is 1. The Morgan fingerprint density at radius 2 is 1.78 bits per heavy atom. The molecule has 2 nitrogen and oxygen atoms in total. The monoisotopic (exact) mass is 257 g/mol. The summed E-state index contributed by atoms with van der Waals surface area (Å²) in [6.45, 7) is 0. The number of hydrogen-bond acceptors (Lipinski definition) is 1. The summed E-state index contributed by atoms with van der Waals surface area (Å²) in [5.41, 5.74) is 3.17. The van der Waals surface area contributed by atoms with Gasteiger partial charge in [0.15, 0.2) is 0 Å². The van der Waals surface area contributed by atoms with Gasteiger partial charge in [-0.2, -0.15) is 0 Å². The fourth-order valence-corrected chi connectivity index (χ4v) is 2.43. The zero-order valence-corrected chi connectivity index (χ0v) is 10.7. The van der Waals surface area contributed by atoms with Gasteiger partial charge < -0.3 is 9.72 Å². The van der Waals surface area contributed by atoms with Crippen molar-refractivity contribution in [3.05, 3.63) is 53.7 Å². The van der Waals surface area contributed by atoms with Crippen molar-refractivity contribution < 1.29 is 4.74 Å².